The molecule has 272 valence electrons. The predicted molar refractivity (Wildman–Crippen MR) is 177 cm³/mol. The molecular weight excluding hydrogens is 695 g/mol. The number of piperazine rings is 1. The SMILES string of the molecule is Cn1c(-c2cn(CC#N)nc2C(F)(F)F)cnc1C(=O)Nc1ccc(C(=O)N2CCN(C(=O)C3CCN(C(=O)OC(C)(C)C)CC3)CC2)c(Cl)c1. The van der Waals surface area contributed by atoms with Crippen molar-refractivity contribution in [2.75, 3.05) is 44.6 Å². The van der Waals surface area contributed by atoms with Crippen molar-refractivity contribution in [1.29, 1.82) is 5.26 Å². The molecule has 0 radical (unpaired) electrons. The normalized spacial score (nSPS) is 15.8. The lowest BCUT2D eigenvalue weighted by molar-refractivity contribution is -0.141. The molecule has 0 saturated carbocycles. The second-order valence-corrected chi connectivity index (χ2v) is 13.7. The van der Waals surface area contributed by atoms with Gasteiger partial charge in [0.05, 0.1) is 34.1 Å². The smallest absolute Gasteiger partial charge is 0.435 e. The van der Waals surface area contributed by atoms with Gasteiger partial charge < -0.3 is 29.3 Å². The molecule has 2 aliphatic rings. The van der Waals surface area contributed by atoms with Crippen LogP contribution in [0, 0.1) is 17.2 Å². The van der Waals surface area contributed by atoms with Crippen LogP contribution in [0.5, 0.6) is 0 Å². The molecule has 1 N–H and O–H groups in total. The molecule has 0 unspecified atom stereocenters. The van der Waals surface area contributed by atoms with Crippen LogP contribution in [0.15, 0.2) is 30.6 Å². The van der Waals surface area contributed by atoms with E-state index in [-0.39, 0.29) is 57.2 Å². The van der Waals surface area contributed by atoms with E-state index in [0.717, 1.165) is 17.1 Å². The quantitative estimate of drug-likeness (QED) is 0.383. The third kappa shape index (κ3) is 8.44. The summed E-state index contributed by atoms with van der Waals surface area (Å²) in [5.74, 6) is -1.51. The van der Waals surface area contributed by atoms with E-state index in [9.17, 15) is 32.3 Å². The Morgan fingerprint density at radius 2 is 1.67 bits per heavy atom. The average Bonchev–Trinajstić information content (AvgIpc) is 3.67. The molecule has 4 amide bonds. The van der Waals surface area contributed by atoms with Crippen LogP contribution < -0.4 is 5.32 Å². The zero-order valence-electron chi connectivity index (χ0n) is 28.5. The van der Waals surface area contributed by atoms with Gasteiger partial charge in [0.25, 0.3) is 11.8 Å². The minimum absolute atomic E-state index is 0.00115. The van der Waals surface area contributed by atoms with Gasteiger partial charge in [-0.05, 0) is 51.8 Å². The highest BCUT2D eigenvalue weighted by molar-refractivity contribution is 6.34. The van der Waals surface area contributed by atoms with E-state index in [1.165, 1.54) is 29.8 Å². The Kier molecular flexibility index (Phi) is 10.7. The van der Waals surface area contributed by atoms with E-state index in [2.05, 4.69) is 15.4 Å². The van der Waals surface area contributed by atoms with Gasteiger partial charge >= 0.3 is 12.3 Å². The van der Waals surface area contributed by atoms with E-state index in [1.807, 2.05) is 0 Å². The molecule has 3 aromatic rings. The Morgan fingerprint density at radius 1 is 1.02 bits per heavy atom. The van der Waals surface area contributed by atoms with Gasteiger partial charge in [0.2, 0.25) is 5.91 Å². The number of carbonyl (C=O) groups is 4. The molecule has 0 atom stereocenters. The van der Waals surface area contributed by atoms with Crippen molar-refractivity contribution in [2.24, 2.45) is 13.0 Å². The first-order chi connectivity index (χ1) is 24.0. The molecule has 0 aliphatic carbocycles. The van der Waals surface area contributed by atoms with Crippen LogP contribution >= 0.6 is 11.6 Å². The number of anilines is 1. The summed E-state index contributed by atoms with van der Waals surface area (Å²) in [5.41, 5.74) is -1.79. The highest BCUT2D eigenvalue weighted by atomic mass is 35.5. The predicted octanol–water partition coefficient (Wildman–Crippen LogP) is 4.66. The lowest BCUT2D eigenvalue weighted by atomic mass is 9.95. The second-order valence-electron chi connectivity index (χ2n) is 13.3. The number of aromatic nitrogens is 4. The Bertz CT molecular complexity index is 1860. The number of halogens is 4. The number of alkyl halides is 3. The van der Waals surface area contributed by atoms with Gasteiger partial charge in [0.15, 0.2) is 11.5 Å². The number of ether oxygens (including phenoxy) is 1. The summed E-state index contributed by atoms with van der Waals surface area (Å²) in [5, 5.41) is 15.0. The number of nitriles is 1. The van der Waals surface area contributed by atoms with E-state index >= 15 is 0 Å². The van der Waals surface area contributed by atoms with Crippen molar-refractivity contribution in [3.63, 3.8) is 0 Å². The molecule has 1 aromatic carbocycles. The number of likely N-dealkylation sites (tertiary alicyclic amines) is 1. The summed E-state index contributed by atoms with van der Waals surface area (Å²) in [4.78, 5) is 61.0. The van der Waals surface area contributed by atoms with Crippen molar-refractivity contribution >= 4 is 41.1 Å². The molecule has 4 heterocycles. The summed E-state index contributed by atoms with van der Waals surface area (Å²) in [6.45, 7) is 7.16. The van der Waals surface area contributed by atoms with Crippen molar-refractivity contribution in [1.82, 2.24) is 34.0 Å². The number of nitrogens with one attached hydrogen (secondary N) is 1. The number of carbonyl (C=O) groups excluding carboxylic acids is 4. The summed E-state index contributed by atoms with van der Waals surface area (Å²) < 4.78 is 48.5. The van der Waals surface area contributed by atoms with Crippen molar-refractivity contribution in [2.45, 2.75) is 51.9 Å². The summed E-state index contributed by atoms with van der Waals surface area (Å²) in [6.07, 6.45) is -1.96. The van der Waals surface area contributed by atoms with E-state index in [4.69, 9.17) is 21.6 Å². The van der Waals surface area contributed by atoms with Gasteiger partial charge in [0, 0.05) is 64.1 Å². The molecule has 18 heteroatoms. The van der Waals surface area contributed by atoms with Gasteiger partial charge in [-0.15, -0.1) is 0 Å². The minimum atomic E-state index is -4.81. The number of benzene rings is 1. The number of hydrogen-bond acceptors (Lipinski definition) is 8. The standard InChI is InChI=1S/C33H37ClF3N9O5/c1-32(2,3)51-31(50)45-10-7-20(8-11-45)29(48)43-13-15-44(16-14-43)30(49)22-6-5-21(17-24(22)34)40-28(47)27-39-18-25(42(27)4)23-19-46(12-9-38)41-26(23)33(35,36)37/h5-6,17-20H,7-8,10-16H2,1-4H3,(H,40,47). The summed E-state index contributed by atoms with van der Waals surface area (Å²) in [6, 6.07) is 6.05. The lowest BCUT2D eigenvalue weighted by Crippen LogP contribution is -2.53. The molecule has 51 heavy (non-hydrogen) atoms. The first-order valence-corrected chi connectivity index (χ1v) is 16.5. The van der Waals surface area contributed by atoms with Gasteiger partial charge in [-0.3, -0.25) is 19.1 Å². The number of hydrogen-bond donors (Lipinski definition) is 1. The van der Waals surface area contributed by atoms with Crippen molar-refractivity contribution in [3.05, 3.63) is 52.7 Å². The monoisotopic (exact) mass is 731 g/mol. The van der Waals surface area contributed by atoms with Crippen LogP contribution in [0.2, 0.25) is 5.02 Å². The number of amides is 4. The molecular formula is C33H37ClF3N9O5. The maximum atomic E-state index is 13.7. The fraction of sp³-hybridized carbons (Fsp3) is 0.485. The van der Waals surface area contributed by atoms with E-state index < -0.39 is 29.9 Å². The molecule has 2 aromatic heterocycles. The Balaban J connectivity index is 1.16. The topological polar surface area (TPSA) is 159 Å². The van der Waals surface area contributed by atoms with Gasteiger partial charge in [-0.25, -0.2) is 9.78 Å². The zero-order chi connectivity index (χ0) is 37.2. The fourth-order valence-electron chi connectivity index (χ4n) is 5.99. The van der Waals surface area contributed by atoms with Crippen LogP contribution in [0.1, 0.15) is 60.3 Å². The van der Waals surface area contributed by atoms with Gasteiger partial charge in [0.1, 0.15) is 12.1 Å². The first-order valence-electron chi connectivity index (χ1n) is 16.2. The summed E-state index contributed by atoms with van der Waals surface area (Å²) >= 11 is 6.47. The molecule has 2 fully saturated rings. The number of imidazole rings is 1. The van der Waals surface area contributed by atoms with Crippen LogP contribution in [-0.4, -0.2) is 103 Å². The third-order valence-electron chi connectivity index (χ3n) is 8.56. The van der Waals surface area contributed by atoms with Crippen molar-refractivity contribution < 1.29 is 37.1 Å². The lowest BCUT2D eigenvalue weighted by Gasteiger charge is -2.38. The zero-order valence-corrected chi connectivity index (χ0v) is 29.2. The van der Waals surface area contributed by atoms with Gasteiger partial charge in [-0.1, -0.05) is 11.6 Å². The maximum Gasteiger partial charge on any atom is 0.435 e. The Morgan fingerprint density at radius 3 is 2.25 bits per heavy atom. The molecule has 14 nitrogen and oxygen atoms in total. The minimum Gasteiger partial charge on any atom is -0.444 e. The molecule has 2 aliphatic heterocycles. The van der Waals surface area contributed by atoms with Crippen LogP contribution in [0.25, 0.3) is 11.3 Å². The largest absolute Gasteiger partial charge is 0.444 e. The molecule has 0 spiro atoms. The molecule has 5 rings (SSSR count). The second kappa shape index (κ2) is 14.6. The number of piperidine rings is 1. The van der Waals surface area contributed by atoms with E-state index in [0.29, 0.717) is 52.1 Å². The van der Waals surface area contributed by atoms with Crippen LogP contribution in [0.3, 0.4) is 0 Å². The fourth-order valence-corrected chi connectivity index (χ4v) is 6.25. The first kappa shape index (κ1) is 37.2. The Hall–Kier alpha value is -5.11. The van der Waals surface area contributed by atoms with Gasteiger partial charge in [-0.2, -0.15) is 23.5 Å². The third-order valence-corrected chi connectivity index (χ3v) is 8.87. The maximum absolute atomic E-state index is 13.7. The Labute approximate surface area is 296 Å². The molecule has 2 saturated heterocycles. The highest BCUT2D eigenvalue weighted by Gasteiger charge is 2.39. The van der Waals surface area contributed by atoms with Crippen LogP contribution in [0.4, 0.5) is 23.7 Å². The van der Waals surface area contributed by atoms with E-state index in [1.54, 1.807) is 41.5 Å². The van der Waals surface area contributed by atoms with Crippen molar-refractivity contribution in [3.8, 4) is 17.3 Å². The van der Waals surface area contributed by atoms with Crippen LogP contribution in [-0.2, 0) is 29.3 Å². The number of nitrogens with zero attached hydrogens (tertiary/aromatic N) is 8. The average molecular weight is 732 g/mol. The number of rotatable bonds is 6. The summed E-state index contributed by atoms with van der Waals surface area (Å²) in [7, 11) is 1.37. The molecule has 0 bridgehead atoms. The highest BCUT2D eigenvalue weighted by Crippen LogP contribution is 2.36.